The fraction of sp³-hybridized carbons (Fsp3) is 0.304. The quantitative estimate of drug-likeness (QED) is 0.579. The van der Waals surface area contributed by atoms with E-state index in [0.717, 1.165) is 47.3 Å². The molecule has 29 heavy (non-hydrogen) atoms. The smallest absolute Gasteiger partial charge is 0.170 e. The van der Waals surface area contributed by atoms with Crippen molar-refractivity contribution >= 4 is 17.3 Å². The van der Waals surface area contributed by atoms with E-state index in [1.165, 1.54) is 0 Å². The lowest BCUT2D eigenvalue weighted by Crippen LogP contribution is -2.31. The zero-order valence-corrected chi connectivity index (χ0v) is 17.6. The minimum atomic E-state index is -0.0103. The Morgan fingerprint density at radius 1 is 1.10 bits per heavy atom. The normalized spacial score (nSPS) is 18.7. The Bertz CT molecular complexity index is 972. The third kappa shape index (κ3) is 3.72. The monoisotopic (exact) mass is 406 g/mol. The Kier molecular flexibility index (Phi) is 5.81. The average Bonchev–Trinajstić information content (AvgIpc) is 3.37. The van der Waals surface area contributed by atoms with Gasteiger partial charge in [0.1, 0.15) is 5.75 Å². The van der Waals surface area contributed by atoms with Crippen LogP contribution in [0.25, 0.3) is 5.69 Å². The van der Waals surface area contributed by atoms with Gasteiger partial charge in [-0.3, -0.25) is 4.98 Å². The second-order valence-electron chi connectivity index (χ2n) is 7.15. The van der Waals surface area contributed by atoms with Crippen molar-refractivity contribution in [3.05, 3.63) is 78.4 Å². The number of methoxy groups -OCH3 is 1. The van der Waals surface area contributed by atoms with Crippen molar-refractivity contribution < 1.29 is 4.74 Å². The number of hydrogen-bond donors (Lipinski definition) is 1. The van der Waals surface area contributed by atoms with Gasteiger partial charge in [0.2, 0.25) is 0 Å². The Labute approximate surface area is 177 Å². The van der Waals surface area contributed by atoms with Crippen LogP contribution in [0.5, 0.6) is 5.75 Å². The van der Waals surface area contributed by atoms with Crippen molar-refractivity contribution in [2.24, 2.45) is 0 Å². The number of thiocarbonyl (C=S) groups is 1. The van der Waals surface area contributed by atoms with Gasteiger partial charge in [-0.05, 0) is 55.0 Å². The molecule has 5 nitrogen and oxygen atoms in total. The Hall–Kier alpha value is -2.86. The molecule has 4 rings (SSSR count). The third-order valence-corrected chi connectivity index (χ3v) is 5.73. The van der Waals surface area contributed by atoms with Gasteiger partial charge in [-0.2, -0.15) is 0 Å². The van der Waals surface area contributed by atoms with Crippen LogP contribution in [0.15, 0.2) is 67.0 Å². The molecule has 0 bridgehead atoms. The predicted molar refractivity (Wildman–Crippen MR) is 119 cm³/mol. The summed E-state index contributed by atoms with van der Waals surface area (Å²) in [6.45, 7) is 3.11. The number of hydrogen-bond acceptors (Lipinski definition) is 3. The summed E-state index contributed by atoms with van der Waals surface area (Å²) in [4.78, 5) is 6.93. The first kappa shape index (κ1) is 19.5. The van der Waals surface area contributed by atoms with E-state index < -0.39 is 0 Å². The molecule has 0 amide bonds. The maximum atomic E-state index is 5.74. The zero-order valence-electron chi connectivity index (χ0n) is 16.8. The topological polar surface area (TPSA) is 42.3 Å². The molecular weight excluding hydrogens is 380 g/mol. The van der Waals surface area contributed by atoms with E-state index in [4.69, 9.17) is 17.0 Å². The van der Waals surface area contributed by atoms with Crippen molar-refractivity contribution in [3.63, 3.8) is 0 Å². The summed E-state index contributed by atoms with van der Waals surface area (Å²) in [5.41, 5.74) is 3.17. The fourth-order valence-electron chi connectivity index (χ4n) is 3.98. The van der Waals surface area contributed by atoms with Gasteiger partial charge in [-0.15, -0.1) is 0 Å². The van der Waals surface area contributed by atoms with Gasteiger partial charge in [-0.1, -0.05) is 31.5 Å². The maximum absolute atomic E-state index is 5.74. The molecule has 1 fully saturated rings. The molecule has 2 aromatic heterocycles. The van der Waals surface area contributed by atoms with Gasteiger partial charge in [0.15, 0.2) is 5.11 Å². The first-order valence-electron chi connectivity index (χ1n) is 10.0. The number of rotatable bonds is 7. The lowest BCUT2D eigenvalue weighted by atomic mass is 10.0. The lowest BCUT2D eigenvalue weighted by molar-refractivity contribution is 0.304. The average molecular weight is 407 g/mol. The molecule has 150 valence electrons. The Morgan fingerprint density at radius 2 is 1.93 bits per heavy atom. The largest absolute Gasteiger partial charge is 0.495 e. The molecule has 3 heterocycles. The molecule has 0 spiro atoms. The summed E-state index contributed by atoms with van der Waals surface area (Å²) in [5, 5.41) is 4.31. The summed E-state index contributed by atoms with van der Waals surface area (Å²) in [6.07, 6.45) is 6.13. The van der Waals surface area contributed by atoms with Gasteiger partial charge in [0, 0.05) is 24.6 Å². The molecule has 1 aliphatic rings. The van der Waals surface area contributed by atoms with E-state index in [1.807, 2.05) is 36.5 Å². The highest BCUT2D eigenvalue weighted by molar-refractivity contribution is 7.80. The van der Waals surface area contributed by atoms with Gasteiger partial charge in [0.25, 0.3) is 0 Å². The molecule has 1 aromatic carbocycles. The summed E-state index contributed by atoms with van der Waals surface area (Å²) >= 11 is 5.74. The molecule has 0 aliphatic carbocycles. The summed E-state index contributed by atoms with van der Waals surface area (Å²) < 4.78 is 7.83. The van der Waals surface area contributed by atoms with E-state index >= 15 is 0 Å². The van der Waals surface area contributed by atoms with Crippen LogP contribution >= 0.6 is 12.2 Å². The minimum Gasteiger partial charge on any atom is -0.495 e. The van der Waals surface area contributed by atoms with Crippen LogP contribution in [0.4, 0.5) is 0 Å². The SMILES string of the molecule is CCCCN1C(=S)N[C@@H](c2ccccn2)[C@H]1c1cccn1-c1ccccc1OC. The number of nitrogens with one attached hydrogen (secondary N) is 1. The number of benzene rings is 1. The van der Waals surface area contributed by atoms with Gasteiger partial charge in [0.05, 0.1) is 30.6 Å². The van der Waals surface area contributed by atoms with Crippen molar-refractivity contribution in [1.82, 2.24) is 19.8 Å². The van der Waals surface area contributed by atoms with Crippen LogP contribution in [-0.4, -0.2) is 33.2 Å². The molecule has 0 unspecified atom stereocenters. The standard InChI is InChI=1S/C23H26N4OS/c1-3-4-15-27-22(21(25-23(27)29)17-10-7-8-14-24-17)19-12-9-16-26(19)18-11-5-6-13-20(18)28-2/h5-14,16,21-22H,3-4,15H2,1-2H3,(H,25,29)/t21-,22+/m0/s1. The van der Waals surface area contributed by atoms with Crippen LogP contribution in [0.1, 0.15) is 43.2 Å². The highest BCUT2D eigenvalue weighted by atomic mass is 32.1. The number of para-hydroxylation sites is 2. The number of ether oxygens (including phenoxy) is 1. The van der Waals surface area contributed by atoms with Crippen molar-refractivity contribution in [1.29, 1.82) is 0 Å². The molecule has 0 radical (unpaired) electrons. The molecule has 3 aromatic rings. The highest BCUT2D eigenvalue weighted by Gasteiger charge is 2.41. The van der Waals surface area contributed by atoms with Crippen molar-refractivity contribution in [3.8, 4) is 11.4 Å². The first-order valence-corrected chi connectivity index (χ1v) is 10.4. The number of nitrogens with zero attached hydrogens (tertiary/aromatic N) is 3. The van der Waals surface area contributed by atoms with E-state index in [1.54, 1.807) is 7.11 Å². The Morgan fingerprint density at radius 3 is 2.69 bits per heavy atom. The lowest BCUT2D eigenvalue weighted by Gasteiger charge is -2.29. The van der Waals surface area contributed by atoms with E-state index in [-0.39, 0.29) is 12.1 Å². The second kappa shape index (κ2) is 8.66. The fourth-order valence-corrected chi connectivity index (χ4v) is 4.31. The molecule has 1 aliphatic heterocycles. The number of pyridine rings is 1. The van der Waals surface area contributed by atoms with Crippen LogP contribution in [0.3, 0.4) is 0 Å². The highest BCUT2D eigenvalue weighted by Crippen LogP contribution is 2.40. The van der Waals surface area contributed by atoms with E-state index in [9.17, 15) is 0 Å². The summed E-state index contributed by atoms with van der Waals surface area (Å²) in [6, 6.07) is 18.4. The molecule has 2 atom stereocenters. The minimum absolute atomic E-state index is 0.0103. The van der Waals surface area contributed by atoms with Gasteiger partial charge in [-0.25, -0.2) is 0 Å². The number of aromatic nitrogens is 2. The van der Waals surface area contributed by atoms with Gasteiger partial charge < -0.3 is 19.5 Å². The summed E-state index contributed by atoms with van der Waals surface area (Å²) in [7, 11) is 1.71. The van der Waals surface area contributed by atoms with Crippen LogP contribution in [-0.2, 0) is 0 Å². The van der Waals surface area contributed by atoms with E-state index in [0.29, 0.717) is 0 Å². The maximum Gasteiger partial charge on any atom is 0.170 e. The molecular formula is C23H26N4OS. The van der Waals surface area contributed by atoms with Crippen LogP contribution in [0, 0.1) is 0 Å². The molecule has 6 heteroatoms. The molecule has 1 N–H and O–H groups in total. The predicted octanol–water partition coefficient (Wildman–Crippen LogP) is 4.65. The number of unbranched alkanes of at least 4 members (excludes halogenated alkanes) is 1. The second-order valence-corrected chi connectivity index (χ2v) is 7.54. The van der Waals surface area contributed by atoms with Crippen molar-refractivity contribution in [2.75, 3.05) is 13.7 Å². The summed E-state index contributed by atoms with van der Waals surface area (Å²) in [5.74, 6) is 0.841. The Balaban J connectivity index is 1.81. The molecule has 0 saturated carbocycles. The van der Waals surface area contributed by atoms with Gasteiger partial charge >= 0.3 is 0 Å². The molecule has 1 saturated heterocycles. The third-order valence-electron chi connectivity index (χ3n) is 5.38. The van der Waals surface area contributed by atoms with Crippen LogP contribution in [0.2, 0.25) is 0 Å². The van der Waals surface area contributed by atoms with E-state index in [2.05, 4.69) is 57.2 Å². The van der Waals surface area contributed by atoms with Crippen LogP contribution < -0.4 is 10.1 Å². The zero-order chi connectivity index (χ0) is 20.2. The first-order chi connectivity index (χ1) is 14.2. The van der Waals surface area contributed by atoms with Crippen molar-refractivity contribution in [2.45, 2.75) is 31.8 Å².